The molecule has 0 unspecified atom stereocenters. The van der Waals surface area contributed by atoms with Gasteiger partial charge in [-0.25, -0.2) is 9.97 Å². The number of rotatable bonds is 6. The number of carbonyl (C=O) groups is 1. The normalized spacial score (nSPS) is 12.2. The number of nitrogens with zero attached hydrogens (tertiary/aromatic N) is 3. The van der Waals surface area contributed by atoms with Gasteiger partial charge >= 0.3 is 0 Å². The number of imidazole rings is 1. The Morgan fingerprint density at radius 3 is 2.56 bits per heavy atom. The van der Waals surface area contributed by atoms with Crippen molar-refractivity contribution in [3.05, 3.63) is 29.6 Å². The Bertz CT molecular complexity index is 995. The van der Waals surface area contributed by atoms with Crippen LogP contribution in [0.4, 0.5) is 5.82 Å². The molecule has 3 aromatic rings. The van der Waals surface area contributed by atoms with Gasteiger partial charge in [-0.15, -0.1) is 0 Å². The number of fused-ring (bicyclic) bond motifs is 3. The van der Waals surface area contributed by atoms with Crippen LogP contribution in [0.2, 0.25) is 0 Å². The van der Waals surface area contributed by atoms with Crippen LogP contribution >= 0.6 is 0 Å². The molecule has 0 aliphatic rings. The standard InChI is InChI=1S/C22H30N4O/c1-6-8-9-18-25-19-20(26(18)13-22(3,4)5)15-11-10-14(17(27)7-2)12-16(15)24-21(19)23/h10-12H,6-9,13H2,1-5H3,(H2,23,24). The highest BCUT2D eigenvalue weighted by molar-refractivity contribution is 6.09. The second kappa shape index (κ2) is 7.29. The van der Waals surface area contributed by atoms with E-state index in [0.29, 0.717) is 17.8 Å². The smallest absolute Gasteiger partial charge is 0.162 e. The molecule has 27 heavy (non-hydrogen) atoms. The van der Waals surface area contributed by atoms with Crippen molar-refractivity contribution in [2.75, 3.05) is 5.73 Å². The van der Waals surface area contributed by atoms with Crippen LogP contribution in [0.1, 0.15) is 70.1 Å². The monoisotopic (exact) mass is 366 g/mol. The molecule has 0 bridgehead atoms. The maximum Gasteiger partial charge on any atom is 0.162 e. The molecule has 0 radical (unpaired) electrons. The van der Waals surface area contributed by atoms with E-state index in [1.807, 2.05) is 25.1 Å². The summed E-state index contributed by atoms with van der Waals surface area (Å²) in [5, 5.41) is 1.01. The first kappa shape index (κ1) is 19.3. The fraction of sp³-hybridized carbons (Fsp3) is 0.500. The number of nitrogen functional groups attached to an aromatic ring is 1. The summed E-state index contributed by atoms with van der Waals surface area (Å²) in [6.45, 7) is 11.6. The number of aryl methyl sites for hydroxylation is 1. The lowest BCUT2D eigenvalue weighted by molar-refractivity contribution is 0.0988. The molecule has 0 saturated carbocycles. The molecule has 0 fully saturated rings. The van der Waals surface area contributed by atoms with Crippen molar-refractivity contribution in [2.45, 2.75) is 66.8 Å². The molecular formula is C22H30N4O. The van der Waals surface area contributed by atoms with Crippen LogP contribution in [0.15, 0.2) is 18.2 Å². The number of carbonyl (C=O) groups excluding carboxylic acids is 1. The zero-order valence-corrected chi connectivity index (χ0v) is 17.1. The summed E-state index contributed by atoms with van der Waals surface area (Å²) >= 11 is 0. The largest absolute Gasteiger partial charge is 0.382 e. The molecular weight excluding hydrogens is 336 g/mol. The minimum absolute atomic E-state index is 0.108. The van der Waals surface area contributed by atoms with Gasteiger partial charge in [0.1, 0.15) is 11.3 Å². The minimum atomic E-state index is 0.108. The lowest BCUT2D eigenvalue weighted by Gasteiger charge is -2.22. The van der Waals surface area contributed by atoms with E-state index in [9.17, 15) is 4.79 Å². The predicted octanol–water partition coefficient (Wildman–Crippen LogP) is 5.15. The van der Waals surface area contributed by atoms with Crippen molar-refractivity contribution >= 4 is 33.5 Å². The summed E-state index contributed by atoms with van der Waals surface area (Å²) in [5.74, 6) is 1.62. The van der Waals surface area contributed by atoms with Gasteiger partial charge in [0.05, 0.1) is 11.0 Å². The van der Waals surface area contributed by atoms with Crippen LogP contribution < -0.4 is 5.73 Å². The molecule has 2 heterocycles. The lowest BCUT2D eigenvalue weighted by Crippen LogP contribution is -2.17. The Hall–Kier alpha value is -2.43. The lowest BCUT2D eigenvalue weighted by atomic mass is 9.96. The molecule has 3 rings (SSSR count). The summed E-state index contributed by atoms with van der Waals surface area (Å²) in [6.07, 6.45) is 3.62. The molecule has 0 amide bonds. The average Bonchev–Trinajstić information content (AvgIpc) is 2.96. The van der Waals surface area contributed by atoms with E-state index in [-0.39, 0.29) is 11.2 Å². The molecule has 0 atom stereocenters. The average molecular weight is 367 g/mol. The molecule has 0 saturated heterocycles. The molecule has 0 spiro atoms. The van der Waals surface area contributed by atoms with Crippen molar-refractivity contribution in [1.82, 2.24) is 14.5 Å². The Morgan fingerprint density at radius 2 is 1.93 bits per heavy atom. The number of nitrogens with two attached hydrogens (primary N) is 1. The van der Waals surface area contributed by atoms with Crippen LogP contribution in [-0.2, 0) is 13.0 Å². The van der Waals surface area contributed by atoms with Gasteiger partial charge in [-0.1, -0.05) is 47.1 Å². The third kappa shape index (κ3) is 3.82. The molecule has 0 aliphatic carbocycles. The SMILES string of the molecule is CCCCc1nc2c(N)nc3cc(C(=O)CC)ccc3c2n1CC(C)(C)C. The van der Waals surface area contributed by atoms with E-state index in [0.717, 1.165) is 53.6 Å². The number of hydrogen-bond donors (Lipinski definition) is 1. The highest BCUT2D eigenvalue weighted by Gasteiger charge is 2.21. The first-order valence-electron chi connectivity index (χ1n) is 9.86. The van der Waals surface area contributed by atoms with Crippen molar-refractivity contribution in [3.63, 3.8) is 0 Å². The fourth-order valence-electron chi connectivity index (χ4n) is 3.51. The summed E-state index contributed by atoms with van der Waals surface area (Å²) in [5.41, 5.74) is 9.64. The van der Waals surface area contributed by atoms with Crippen LogP contribution in [0.25, 0.3) is 21.9 Å². The number of hydrogen-bond acceptors (Lipinski definition) is 4. The first-order valence-corrected chi connectivity index (χ1v) is 9.86. The van der Waals surface area contributed by atoms with E-state index < -0.39 is 0 Å². The topological polar surface area (TPSA) is 73.8 Å². The van der Waals surface area contributed by atoms with Crippen LogP contribution in [0.5, 0.6) is 0 Å². The van der Waals surface area contributed by atoms with Gasteiger partial charge in [0.25, 0.3) is 0 Å². The highest BCUT2D eigenvalue weighted by Crippen LogP contribution is 2.32. The van der Waals surface area contributed by atoms with Gasteiger partial charge in [-0.3, -0.25) is 4.79 Å². The Morgan fingerprint density at radius 1 is 1.19 bits per heavy atom. The number of anilines is 1. The Balaban J connectivity index is 2.30. The zero-order chi connectivity index (χ0) is 19.8. The molecule has 2 aromatic heterocycles. The number of benzene rings is 1. The maximum atomic E-state index is 12.1. The molecule has 1 aromatic carbocycles. The maximum absolute atomic E-state index is 12.1. The molecule has 5 nitrogen and oxygen atoms in total. The van der Waals surface area contributed by atoms with E-state index in [4.69, 9.17) is 10.7 Å². The number of Topliss-reactive ketones (excluding diaryl/α,β-unsaturated/α-hetero) is 1. The predicted molar refractivity (Wildman–Crippen MR) is 112 cm³/mol. The Labute approximate surface area is 161 Å². The van der Waals surface area contributed by atoms with E-state index in [2.05, 4.69) is 37.2 Å². The molecule has 144 valence electrons. The van der Waals surface area contributed by atoms with Crippen molar-refractivity contribution in [3.8, 4) is 0 Å². The van der Waals surface area contributed by atoms with Gasteiger partial charge in [0, 0.05) is 30.3 Å². The van der Waals surface area contributed by atoms with Gasteiger partial charge in [0.2, 0.25) is 0 Å². The first-order chi connectivity index (χ1) is 12.7. The third-order valence-electron chi connectivity index (χ3n) is 4.81. The van der Waals surface area contributed by atoms with Crippen molar-refractivity contribution in [1.29, 1.82) is 0 Å². The second-order valence-electron chi connectivity index (χ2n) is 8.48. The van der Waals surface area contributed by atoms with Crippen LogP contribution in [0.3, 0.4) is 0 Å². The van der Waals surface area contributed by atoms with Gasteiger partial charge < -0.3 is 10.3 Å². The van der Waals surface area contributed by atoms with Crippen LogP contribution in [0, 0.1) is 5.41 Å². The number of aromatic nitrogens is 3. The summed E-state index contributed by atoms with van der Waals surface area (Å²) < 4.78 is 2.31. The summed E-state index contributed by atoms with van der Waals surface area (Å²) in [7, 11) is 0. The van der Waals surface area contributed by atoms with Crippen LogP contribution in [-0.4, -0.2) is 20.3 Å². The van der Waals surface area contributed by atoms with Gasteiger partial charge in [-0.05, 0) is 24.0 Å². The Kier molecular flexibility index (Phi) is 5.22. The van der Waals surface area contributed by atoms with Gasteiger partial charge in [0.15, 0.2) is 11.6 Å². The summed E-state index contributed by atoms with van der Waals surface area (Å²) in [6, 6.07) is 5.75. The quantitative estimate of drug-likeness (QED) is 0.612. The number of unbranched alkanes of at least 4 members (excludes halogenated alkanes) is 1. The number of pyridine rings is 1. The van der Waals surface area contributed by atoms with E-state index >= 15 is 0 Å². The van der Waals surface area contributed by atoms with Crippen molar-refractivity contribution in [2.24, 2.45) is 5.41 Å². The molecule has 0 aliphatic heterocycles. The molecule has 5 heteroatoms. The van der Waals surface area contributed by atoms with Crippen molar-refractivity contribution < 1.29 is 4.79 Å². The van der Waals surface area contributed by atoms with Gasteiger partial charge in [-0.2, -0.15) is 0 Å². The van der Waals surface area contributed by atoms with E-state index in [1.165, 1.54) is 0 Å². The minimum Gasteiger partial charge on any atom is -0.382 e. The number of ketones is 1. The second-order valence-corrected chi connectivity index (χ2v) is 8.48. The fourth-order valence-corrected chi connectivity index (χ4v) is 3.51. The highest BCUT2D eigenvalue weighted by atomic mass is 16.1. The zero-order valence-electron chi connectivity index (χ0n) is 17.1. The van der Waals surface area contributed by atoms with E-state index in [1.54, 1.807) is 0 Å². The molecule has 2 N–H and O–H groups in total. The third-order valence-corrected chi connectivity index (χ3v) is 4.81. The summed E-state index contributed by atoms with van der Waals surface area (Å²) in [4.78, 5) is 21.5.